The fraction of sp³-hybridized carbons (Fsp3) is 0.933. The fourth-order valence-corrected chi connectivity index (χ4v) is 4.87. The molecule has 0 bridgehead atoms. The molecule has 2 atom stereocenters. The quantitative estimate of drug-likeness (QED) is 0.742. The van der Waals surface area contributed by atoms with E-state index in [1.54, 1.807) is 0 Å². The molecule has 1 aliphatic carbocycles. The maximum absolute atomic E-state index is 4.87. The van der Waals surface area contributed by atoms with Crippen LogP contribution < -0.4 is 0 Å². The lowest BCUT2D eigenvalue weighted by Gasteiger charge is -2.33. The molecule has 0 aromatic heterocycles. The molecule has 2 aliphatic rings. The summed E-state index contributed by atoms with van der Waals surface area (Å²) >= 11 is 2.06. The third-order valence-electron chi connectivity index (χ3n) is 3.93. The predicted octanol–water partition coefficient (Wildman–Crippen LogP) is 4.30. The van der Waals surface area contributed by atoms with E-state index in [1.807, 2.05) is 0 Å². The van der Waals surface area contributed by atoms with Crippen molar-refractivity contribution >= 4 is 16.9 Å². The monoisotopic (exact) mass is 268 g/mol. The first-order valence-corrected chi connectivity index (χ1v) is 8.50. The zero-order valence-electron chi connectivity index (χ0n) is 12.4. The highest BCUT2D eigenvalue weighted by atomic mass is 32.2. The van der Waals surface area contributed by atoms with Crippen LogP contribution in [0.25, 0.3) is 0 Å². The average Bonchev–Trinajstić information content (AvgIpc) is 2.55. The van der Waals surface area contributed by atoms with E-state index in [-0.39, 0.29) is 0 Å². The minimum Gasteiger partial charge on any atom is -0.345 e. The second-order valence-corrected chi connectivity index (χ2v) is 7.43. The Bertz CT molecular complexity index is 299. The lowest BCUT2D eigenvalue weighted by molar-refractivity contribution is 0.239. The van der Waals surface area contributed by atoms with E-state index in [0.29, 0.717) is 12.1 Å². The summed E-state index contributed by atoms with van der Waals surface area (Å²) in [5, 5.41) is 2.11. The first kappa shape index (κ1) is 14.2. The van der Waals surface area contributed by atoms with Crippen LogP contribution in [0.4, 0.5) is 0 Å². The van der Waals surface area contributed by atoms with Crippen LogP contribution in [0.3, 0.4) is 0 Å². The summed E-state index contributed by atoms with van der Waals surface area (Å²) in [7, 11) is 0. The van der Waals surface area contributed by atoms with E-state index < -0.39 is 0 Å². The minimum atomic E-state index is 0.415. The standard InChI is InChI=1S/C15H28N2S/c1-11(2)16-15-17(12(3)4)13-9-7-5-6-8-10-14(13)18-15/h11-14H,5-10H2,1-4H3. The molecule has 0 amide bonds. The number of amidine groups is 1. The minimum absolute atomic E-state index is 0.415. The maximum atomic E-state index is 4.87. The van der Waals surface area contributed by atoms with E-state index >= 15 is 0 Å². The van der Waals surface area contributed by atoms with Crippen LogP contribution in [0.1, 0.15) is 66.2 Å². The van der Waals surface area contributed by atoms with Gasteiger partial charge >= 0.3 is 0 Å². The summed E-state index contributed by atoms with van der Waals surface area (Å²) in [5.41, 5.74) is 0. The van der Waals surface area contributed by atoms with Gasteiger partial charge in [0.05, 0.1) is 0 Å². The van der Waals surface area contributed by atoms with Crippen molar-refractivity contribution in [3.8, 4) is 0 Å². The Balaban J connectivity index is 2.18. The normalized spacial score (nSPS) is 31.9. The Labute approximate surface area is 117 Å². The second-order valence-electron chi connectivity index (χ2n) is 6.22. The van der Waals surface area contributed by atoms with Gasteiger partial charge in [-0.3, -0.25) is 4.99 Å². The number of thioether (sulfide) groups is 1. The SMILES string of the molecule is CC(C)N=C1SC2CCCCCCC2N1C(C)C. The molecule has 0 spiro atoms. The van der Waals surface area contributed by atoms with Crippen molar-refractivity contribution in [2.75, 3.05) is 0 Å². The first-order chi connectivity index (χ1) is 8.59. The molecule has 1 saturated heterocycles. The van der Waals surface area contributed by atoms with Crippen molar-refractivity contribution in [2.45, 2.75) is 89.6 Å². The Kier molecular flexibility index (Phi) is 4.99. The van der Waals surface area contributed by atoms with Crippen molar-refractivity contribution < 1.29 is 0 Å². The van der Waals surface area contributed by atoms with Crippen LogP contribution in [-0.2, 0) is 0 Å². The van der Waals surface area contributed by atoms with Gasteiger partial charge < -0.3 is 4.90 Å². The van der Waals surface area contributed by atoms with Crippen LogP contribution in [-0.4, -0.2) is 33.4 Å². The van der Waals surface area contributed by atoms with E-state index in [0.717, 1.165) is 11.3 Å². The Morgan fingerprint density at radius 1 is 1.06 bits per heavy atom. The summed E-state index contributed by atoms with van der Waals surface area (Å²) in [4.78, 5) is 7.48. The molecule has 0 aromatic rings. The first-order valence-electron chi connectivity index (χ1n) is 7.62. The zero-order valence-corrected chi connectivity index (χ0v) is 13.2. The Morgan fingerprint density at radius 2 is 1.72 bits per heavy atom. The molecule has 1 heterocycles. The molecule has 3 heteroatoms. The summed E-state index contributed by atoms with van der Waals surface area (Å²) in [5.74, 6) is 0. The van der Waals surface area contributed by atoms with Gasteiger partial charge in [0.2, 0.25) is 0 Å². The molecule has 18 heavy (non-hydrogen) atoms. The molecule has 2 unspecified atom stereocenters. The predicted molar refractivity (Wildman–Crippen MR) is 82.4 cm³/mol. The number of hydrogen-bond donors (Lipinski definition) is 0. The number of rotatable bonds is 2. The molecule has 0 aromatic carbocycles. The average molecular weight is 268 g/mol. The Morgan fingerprint density at radius 3 is 2.33 bits per heavy atom. The second kappa shape index (κ2) is 6.31. The summed E-state index contributed by atoms with van der Waals surface area (Å²) < 4.78 is 0. The lowest BCUT2D eigenvalue weighted by Crippen LogP contribution is -2.42. The van der Waals surface area contributed by atoms with Crippen LogP contribution in [0.2, 0.25) is 0 Å². The summed E-state index contributed by atoms with van der Waals surface area (Å²) in [6.45, 7) is 9.01. The molecule has 0 N–H and O–H groups in total. The smallest absolute Gasteiger partial charge is 0.160 e. The van der Waals surface area contributed by atoms with Gasteiger partial charge in [0.15, 0.2) is 5.17 Å². The van der Waals surface area contributed by atoms with Gasteiger partial charge in [0, 0.05) is 23.4 Å². The Hall–Kier alpha value is -0.180. The molecular weight excluding hydrogens is 240 g/mol. The fourth-order valence-electron chi connectivity index (χ4n) is 3.15. The highest BCUT2D eigenvalue weighted by Gasteiger charge is 2.39. The van der Waals surface area contributed by atoms with Gasteiger partial charge in [-0.25, -0.2) is 0 Å². The van der Waals surface area contributed by atoms with Crippen LogP contribution in [0.5, 0.6) is 0 Å². The van der Waals surface area contributed by atoms with Crippen LogP contribution in [0.15, 0.2) is 4.99 Å². The third kappa shape index (κ3) is 3.23. The molecule has 1 saturated carbocycles. The van der Waals surface area contributed by atoms with E-state index in [9.17, 15) is 0 Å². The lowest BCUT2D eigenvalue weighted by atomic mass is 9.95. The van der Waals surface area contributed by atoms with Gasteiger partial charge in [0.25, 0.3) is 0 Å². The molecule has 2 fully saturated rings. The van der Waals surface area contributed by atoms with Gasteiger partial charge in [-0.2, -0.15) is 0 Å². The number of fused-ring (bicyclic) bond motifs is 1. The molecule has 2 rings (SSSR count). The number of aliphatic imine (C=N–C) groups is 1. The van der Waals surface area contributed by atoms with Crippen LogP contribution >= 0.6 is 11.8 Å². The largest absolute Gasteiger partial charge is 0.345 e. The van der Waals surface area contributed by atoms with Gasteiger partial charge in [-0.1, -0.05) is 37.4 Å². The van der Waals surface area contributed by atoms with Crippen molar-refractivity contribution in [2.24, 2.45) is 4.99 Å². The molecule has 2 nitrogen and oxygen atoms in total. The molecule has 1 aliphatic heterocycles. The van der Waals surface area contributed by atoms with Gasteiger partial charge in [-0.15, -0.1) is 0 Å². The van der Waals surface area contributed by atoms with E-state index in [2.05, 4.69) is 44.4 Å². The molecular formula is C15H28N2S. The van der Waals surface area contributed by atoms with Crippen LogP contribution in [0, 0.1) is 0 Å². The summed E-state index contributed by atoms with van der Waals surface area (Å²) in [6.07, 6.45) is 8.43. The maximum Gasteiger partial charge on any atom is 0.160 e. The summed E-state index contributed by atoms with van der Waals surface area (Å²) in [6, 6.07) is 1.75. The zero-order chi connectivity index (χ0) is 13.1. The highest BCUT2D eigenvalue weighted by molar-refractivity contribution is 8.14. The van der Waals surface area contributed by atoms with Crippen molar-refractivity contribution in [1.29, 1.82) is 0 Å². The molecule has 0 radical (unpaired) electrons. The van der Waals surface area contributed by atoms with Gasteiger partial charge in [-0.05, 0) is 40.5 Å². The topological polar surface area (TPSA) is 15.6 Å². The highest BCUT2D eigenvalue weighted by Crippen LogP contribution is 2.40. The van der Waals surface area contributed by atoms with Crippen molar-refractivity contribution in [1.82, 2.24) is 4.90 Å². The van der Waals surface area contributed by atoms with Gasteiger partial charge in [0.1, 0.15) is 0 Å². The van der Waals surface area contributed by atoms with Crippen molar-refractivity contribution in [3.63, 3.8) is 0 Å². The number of hydrogen-bond acceptors (Lipinski definition) is 2. The van der Waals surface area contributed by atoms with Crippen molar-refractivity contribution in [3.05, 3.63) is 0 Å². The number of nitrogens with zero attached hydrogens (tertiary/aromatic N) is 2. The van der Waals surface area contributed by atoms with E-state index in [4.69, 9.17) is 4.99 Å². The third-order valence-corrected chi connectivity index (χ3v) is 5.31. The molecule has 104 valence electrons. The van der Waals surface area contributed by atoms with E-state index in [1.165, 1.54) is 43.7 Å².